The Morgan fingerprint density at radius 1 is 1.48 bits per heavy atom. The number of amides is 2. The maximum absolute atomic E-state index is 12.7. The molecule has 124 valence electrons. The molecule has 2 atom stereocenters. The van der Waals surface area contributed by atoms with Crippen LogP contribution >= 0.6 is 0 Å². The number of piperidine rings is 1. The maximum Gasteiger partial charge on any atom is 0.322 e. The molecule has 3 rings (SSSR count). The van der Waals surface area contributed by atoms with E-state index in [-0.39, 0.29) is 12.1 Å². The summed E-state index contributed by atoms with van der Waals surface area (Å²) in [5.74, 6) is 2.43. The van der Waals surface area contributed by atoms with Crippen LogP contribution in [0.1, 0.15) is 44.3 Å². The summed E-state index contributed by atoms with van der Waals surface area (Å²) in [7, 11) is 1.83. The summed E-state index contributed by atoms with van der Waals surface area (Å²) in [5, 5.41) is 7.01. The van der Waals surface area contributed by atoms with E-state index in [4.69, 9.17) is 4.42 Å². The van der Waals surface area contributed by atoms with Gasteiger partial charge in [0, 0.05) is 26.2 Å². The fourth-order valence-electron chi connectivity index (χ4n) is 3.10. The minimum atomic E-state index is -0.0932. The molecular formula is C17H24N4O2. The monoisotopic (exact) mass is 316 g/mol. The lowest BCUT2D eigenvalue weighted by atomic mass is 9.91. The molecule has 0 aliphatic carbocycles. The Balaban J connectivity index is 1.78. The molecule has 0 saturated carbocycles. The molecule has 0 bridgehead atoms. The first-order chi connectivity index (χ1) is 11.1. The highest BCUT2D eigenvalue weighted by Gasteiger charge is 2.33. The number of furan rings is 1. The summed E-state index contributed by atoms with van der Waals surface area (Å²) < 4.78 is 7.59. The zero-order chi connectivity index (χ0) is 16.4. The summed E-state index contributed by atoms with van der Waals surface area (Å²) in [6.07, 6.45) is 6.25. The summed E-state index contributed by atoms with van der Waals surface area (Å²) in [6, 6.07) is 3.91. The highest BCUT2D eigenvalue weighted by atomic mass is 16.3. The van der Waals surface area contributed by atoms with Gasteiger partial charge in [0.15, 0.2) is 0 Å². The molecule has 0 radical (unpaired) electrons. The zero-order valence-electron chi connectivity index (χ0n) is 14.0. The van der Waals surface area contributed by atoms with Crippen LogP contribution in [0.3, 0.4) is 0 Å². The molecule has 1 aliphatic heterocycles. The molecule has 2 amide bonds. The lowest BCUT2D eigenvalue weighted by Gasteiger charge is -2.37. The van der Waals surface area contributed by atoms with Gasteiger partial charge in [-0.3, -0.25) is 4.68 Å². The largest absolute Gasteiger partial charge is 0.464 e. The first-order valence-electron chi connectivity index (χ1n) is 8.21. The van der Waals surface area contributed by atoms with Gasteiger partial charge in [0.25, 0.3) is 0 Å². The highest BCUT2D eigenvalue weighted by molar-refractivity contribution is 5.89. The van der Waals surface area contributed by atoms with Gasteiger partial charge in [-0.05, 0) is 30.9 Å². The average molecular weight is 316 g/mol. The van der Waals surface area contributed by atoms with Crippen molar-refractivity contribution >= 4 is 11.7 Å². The molecule has 6 heteroatoms. The standard InChI is InChI=1S/C17H24N4O2/c1-4-14-5-6-16(23-14)15-9-12(2)7-8-21(15)17(22)19-13-10-18-20(3)11-13/h5-6,10-12,15H,4,7-9H2,1-3H3,(H,19,22)/t12-,15+/m1/s1. The Morgan fingerprint density at radius 3 is 2.96 bits per heavy atom. The van der Waals surface area contributed by atoms with Crippen LogP contribution in [0, 0.1) is 5.92 Å². The molecule has 1 aliphatic rings. The number of aromatic nitrogens is 2. The van der Waals surface area contributed by atoms with E-state index in [9.17, 15) is 4.79 Å². The maximum atomic E-state index is 12.7. The van der Waals surface area contributed by atoms with Crippen LogP contribution in [0.25, 0.3) is 0 Å². The smallest absolute Gasteiger partial charge is 0.322 e. The number of nitrogens with zero attached hydrogens (tertiary/aromatic N) is 3. The van der Waals surface area contributed by atoms with Crippen LogP contribution in [0.2, 0.25) is 0 Å². The number of anilines is 1. The number of nitrogens with one attached hydrogen (secondary N) is 1. The number of carbonyl (C=O) groups excluding carboxylic acids is 1. The van der Waals surface area contributed by atoms with Crippen LogP contribution in [-0.2, 0) is 13.5 Å². The number of hydrogen-bond acceptors (Lipinski definition) is 3. The third-order valence-corrected chi connectivity index (χ3v) is 4.44. The van der Waals surface area contributed by atoms with Crippen molar-refractivity contribution in [3.63, 3.8) is 0 Å². The fraction of sp³-hybridized carbons (Fsp3) is 0.529. The van der Waals surface area contributed by atoms with Crippen LogP contribution in [0.5, 0.6) is 0 Å². The van der Waals surface area contributed by atoms with Gasteiger partial charge >= 0.3 is 6.03 Å². The van der Waals surface area contributed by atoms with Crippen molar-refractivity contribution in [3.05, 3.63) is 36.0 Å². The normalized spacial score (nSPS) is 21.4. The predicted octanol–water partition coefficient (Wildman–Crippen LogP) is 3.58. The van der Waals surface area contributed by atoms with E-state index in [1.807, 2.05) is 24.1 Å². The summed E-state index contributed by atoms with van der Waals surface area (Å²) >= 11 is 0. The van der Waals surface area contributed by atoms with E-state index in [0.717, 1.165) is 37.3 Å². The van der Waals surface area contributed by atoms with E-state index in [1.165, 1.54) is 0 Å². The van der Waals surface area contributed by atoms with Gasteiger partial charge in [0.1, 0.15) is 11.5 Å². The van der Waals surface area contributed by atoms with Gasteiger partial charge in [0.05, 0.1) is 17.9 Å². The van der Waals surface area contributed by atoms with Gasteiger partial charge in [-0.25, -0.2) is 4.79 Å². The Kier molecular flexibility index (Phi) is 4.41. The van der Waals surface area contributed by atoms with Crippen molar-refractivity contribution in [2.45, 2.75) is 39.2 Å². The zero-order valence-corrected chi connectivity index (χ0v) is 14.0. The van der Waals surface area contributed by atoms with E-state index >= 15 is 0 Å². The van der Waals surface area contributed by atoms with E-state index in [0.29, 0.717) is 11.6 Å². The van der Waals surface area contributed by atoms with Gasteiger partial charge in [0.2, 0.25) is 0 Å². The second-order valence-corrected chi connectivity index (χ2v) is 6.33. The van der Waals surface area contributed by atoms with Crippen molar-refractivity contribution in [2.75, 3.05) is 11.9 Å². The van der Waals surface area contributed by atoms with Crippen molar-refractivity contribution < 1.29 is 9.21 Å². The average Bonchev–Trinajstić information content (AvgIpc) is 3.16. The van der Waals surface area contributed by atoms with Gasteiger partial charge < -0.3 is 14.6 Å². The molecule has 1 saturated heterocycles. The van der Waals surface area contributed by atoms with Crippen LogP contribution in [-0.4, -0.2) is 27.3 Å². The Bertz CT molecular complexity index is 676. The molecule has 1 N–H and O–H groups in total. The molecule has 2 aromatic heterocycles. The molecule has 1 fully saturated rings. The number of carbonyl (C=O) groups is 1. The molecule has 0 aromatic carbocycles. The quantitative estimate of drug-likeness (QED) is 0.941. The SMILES string of the molecule is CCc1ccc([C@@H]2C[C@H](C)CCN2C(=O)Nc2cnn(C)c2)o1. The number of aryl methyl sites for hydroxylation is 2. The van der Waals surface area contributed by atoms with Crippen molar-refractivity contribution in [3.8, 4) is 0 Å². The minimum Gasteiger partial charge on any atom is -0.464 e. The van der Waals surface area contributed by atoms with Crippen LogP contribution in [0.15, 0.2) is 28.9 Å². The number of urea groups is 1. The number of hydrogen-bond donors (Lipinski definition) is 1. The van der Waals surface area contributed by atoms with Gasteiger partial charge in [-0.1, -0.05) is 13.8 Å². The third-order valence-electron chi connectivity index (χ3n) is 4.44. The first-order valence-corrected chi connectivity index (χ1v) is 8.21. The van der Waals surface area contributed by atoms with E-state index in [1.54, 1.807) is 17.1 Å². The first kappa shape index (κ1) is 15.6. The molecule has 6 nitrogen and oxygen atoms in total. The highest BCUT2D eigenvalue weighted by Crippen LogP contribution is 2.35. The van der Waals surface area contributed by atoms with Gasteiger partial charge in [-0.15, -0.1) is 0 Å². The van der Waals surface area contributed by atoms with E-state index in [2.05, 4.69) is 24.3 Å². The second kappa shape index (κ2) is 6.48. The summed E-state index contributed by atoms with van der Waals surface area (Å²) in [6.45, 7) is 5.03. The number of likely N-dealkylation sites (tertiary alicyclic amines) is 1. The minimum absolute atomic E-state index is 0.00396. The van der Waals surface area contributed by atoms with Crippen LogP contribution in [0.4, 0.5) is 10.5 Å². The molecule has 0 spiro atoms. The van der Waals surface area contributed by atoms with Crippen molar-refractivity contribution in [1.29, 1.82) is 0 Å². The second-order valence-electron chi connectivity index (χ2n) is 6.33. The fourth-order valence-corrected chi connectivity index (χ4v) is 3.10. The van der Waals surface area contributed by atoms with E-state index < -0.39 is 0 Å². The summed E-state index contributed by atoms with van der Waals surface area (Å²) in [4.78, 5) is 14.6. The molecule has 23 heavy (non-hydrogen) atoms. The van der Waals surface area contributed by atoms with Crippen molar-refractivity contribution in [2.24, 2.45) is 13.0 Å². The molecule has 2 aromatic rings. The van der Waals surface area contributed by atoms with Crippen LogP contribution < -0.4 is 5.32 Å². The lowest BCUT2D eigenvalue weighted by molar-refractivity contribution is 0.128. The Morgan fingerprint density at radius 2 is 2.30 bits per heavy atom. The summed E-state index contributed by atoms with van der Waals surface area (Å²) in [5.41, 5.74) is 0.712. The topological polar surface area (TPSA) is 63.3 Å². The van der Waals surface area contributed by atoms with Crippen molar-refractivity contribution in [1.82, 2.24) is 14.7 Å². The Labute approximate surface area is 136 Å². The lowest BCUT2D eigenvalue weighted by Crippen LogP contribution is -2.42. The predicted molar refractivity (Wildman–Crippen MR) is 88.2 cm³/mol. The number of rotatable bonds is 3. The third kappa shape index (κ3) is 3.41. The Hall–Kier alpha value is -2.24. The van der Waals surface area contributed by atoms with Gasteiger partial charge in [-0.2, -0.15) is 5.10 Å². The molecule has 3 heterocycles. The molecule has 0 unspecified atom stereocenters. The molecular weight excluding hydrogens is 292 g/mol.